The number of nitrogens with zero attached hydrogens (tertiary/aromatic N) is 1. The minimum atomic E-state index is -0.652. The van der Waals surface area contributed by atoms with Gasteiger partial charge in [-0.1, -0.05) is 30.3 Å². The van der Waals surface area contributed by atoms with Gasteiger partial charge in [0, 0.05) is 17.0 Å². The highest BCUT2D eigenvalue weighted by atomic mass is 32.1. The summed E-state index contributed by atoms with van der Waals surface area (Å²) in [4.78, 5) is 16.7. The van der Waals surface area contributed by atoms with Crippen molar-refractivity contribution in [3.63, 3.8) is 0 Å². The molecule has 4 nitrogen and oxygen atoms in total. The smallest absolute Gasteiger partial charge is 0.226 e. The van der Waals surface area contributed by atoms with E-state index in [1.165, 1.54) is 0 Å². The molecule has 1 aromatic carbocycles. The van der Waals surface area contributed by atoms with Crippen LogP contribution in [-0.2, 0) is 11.2 Å². The van der Waals surface area contributed by atoms with E-state index in [1.54, 1.807) is 11.3 Å². The fraction of sp³-hybridized carbons (Fsp3) is 0.444. The maximum Gasteiger partial charge on any atom is 0.226 e. The summed E-state index contributed by atoms with van der Waals surface area (Å²) in [5.41, 5.74) is 1.24. The fourth-order valence-electron chi connectivity index (χ4n) is 2.86. The molecule has 0 aliphatic heterocycles. The number of hydrogen-bond acceptors (Lipinski definition) is 4. The number of thiazole rings is 1. The molecule has 1 aliphatic carbocycles. The molecule has 5 heteroatoms. The number of aromatic nitrogens is 1. The van der Waals surface area contributed by atoms with E-state index >= 15 is 0 Å². The van der Waals surface area contributed by atoms with E-state index in [-0.39, 0.29) is 17.9 Å². The second-order valence-corrected chi connectivity index (χ2v) is 7.63. The molecule has 0 unspecified atom stereocenters. The number of nitrogens with one attached hydrogen (secondary N) is 1. The summed E-state index contributed by atoms with van der Waals surface area (Å²) in [7, 11) is 0. The summed E-state index contributed by atoms with van der Waals surface area (Å²) in [5.74, 6) is 0.283. The van der Waals surface area contributed by atoms with Crippen molar-refractivity contribution in [3.8, 4) is 10.6 Å². The van der Waals surface area contributed by atoms with E-state index in [9.17, 15) is 9.90 Å². The first kappa shape index (κ1) is 16.1. The lowest BCUT2D eigenvalue weighted by atomic mass is 9.71. The van der Waals surface area contributed by atoms with Crippen LogP contribution < -0.4 is 5.32 Å². The van der Waals surface area contributed by atoms with E-state index < -0.39 is 5.60 Å². The molecule has 0 spiro atoms. The van der Waals surface area contributed by atoms with Crippen molar-refractivity contribution in [1.29, 1.82) is 0 Å². The van der Waals surface area contributed by atoms with Gasteiger partial charge in [-0.3, -0.25) is 4.79 Å². The van der Waals surface area contributed by atoms with Gasteiger partial charge in [-0.15, -0.1) is 11.3 Å². The molecule has 0 atom stereocenters. The third kappa shape index (κ3) is 3.98. The second-order valence-electron chi connectivity index (χ2n) is 6.77. The average Bonchev–Trinajstić information content (AvgIpc) is 2.90. The number of rotatable bonds is 5. The van der Waals surface area contributed by atoms with Gasteiger partial charge >= 0.3 is 0 Å². The number of benzene rings is 1. The van der Waals surface area contributed by atoms with E-state index in [2.05, 4.69) is 10.3 Å². The van der Waals surface area contributed by atoms with Gasteiger partial charge in [0.05, 0.1) is 17.7 Å². The zero-order valence-corrected chi connectivity index (χ0v) is 14.3. The standard InChI is InChI=1S/C18H22N2O2S/c1-18(2,22)13-8-14(9-13)19-16(21)10-15-11-23-17(20-15)12-6-4-3-5-7-12/h3-7,11,13-14,22H,8-10H2,1-2H3,(H,19,21). The Labute approximate surface area is 140 Å². The molecule has 0 saturated heterocycles. The molecular formula is C18H22N2O2S. The summed E-state index contributed by atoms with van der Waals surface area (Å²) in [5, 5.41) is 15.8. The first-order chi connectivity index (χ1) is 10.9. The van der Waals surface area contributed by atoms with Gasteiger partial charge in [0.1, 0.15) is 5.01 Å². The quantitative estimate of drug-likeness (QED) is 0.886. The largest absolute Gasteiger partial charge is 0.390 e. The van der Waals surface area contributed by atoms with Crippen LogP contribution in [0.25, 0.3) is 10.6 Å². The Morgan fingerprint density at radius 1 is 1.35 bits per heavy atom. The maximum absolute atomic E-state index is 12.1. The van der Waals surface area contributed by atoms with Crippen molar-refractivity contribution in [2.75, 3.05) is 0 Å². The summed E-state index contributed by atoms with van der Waals surface area (Å²) in [6.45, 7) is 3.66. The summed E-state index contributed by atoms with van der Waals surface area (Å²) in [6, 6.07) is 10.2. The molecule has 1 saturated carbocycles. The van der Waals surface area contributed by atoms with Gasteiger partial charge in [-0.25, -0.2) is 4.98 Å². The number of hydrogen-bond donors (Lipinski definition) is 2. The van der Waals surface area contributed by atoms with Crippen LogP contribution in [0.2, 0.25) is 0 Å². The van der Waals surface area contributed by atoms with Crippen LogP contribution in [0, 0.1) is 5.92 Å². The fourth-order valence-corrected chi connectivity index (χ4v) is 3.68. The van der Waals surface area contributed by atoms with Gasteiger partial charge in [0.2, 0.25) is 5.91 Å². The lowest BCUT2D eigenvalue weighted by Crippen LogP contribution is -2.51. The monoisotopic (exact) mass is 330 g/mol. The Bertz CT molecular complexity index is 670. The van der Waals surface area contributed by atoms with Crippen molar-refractivity contribution in [3.05, 3.63) is 41.4 Å². The minimum Gasteiger partial charge on any atom is -0.390 e. The van der Waals surface area contributed by atoms with Gasteiger partial charge in [-0.05, 0) is 32.6 Å². The average molecular weight is 330 g/mol. The Kier molecular flexibility index (Phi) is 4.50. The van der Waals surface area contributed by atoms with Gasteiger partial charge < -0.3 is 10.4 Å². The summed E-state index contributed by atoms with van der Waals surface area (Å²) < 4.78 is 0. The van der Waals surface area contributed by atoms with E-state index in [0.717, 1.165) is 29.1 Å². The highest BCUT2D eigenvalue weighted by Gasteiger charge is 2.39. The number of carbonyl (C=O) groups excluding carboxylic acids is 1. The highest BCUT2D eigenvalue weighted by molar-refractivity contribution is 7.13. The number of carbonyl (C=O) groups is 1. The van der Waals surface area contributed by atoms with Crippen LogP contribution in [0.1, 0.15) is 32.4 Å². The first-order valence-corrected chi connectivity index (χ1v) is 8.81. The van der Waals surface area contributed by atoms with Gasteiger partial charge in [-0.2, -0.15) is 0 Å². The van der Waals surface area contributed by atoms with Crippen molar-refractivity contribution in [2.45, 2.75) is 44.8 Å². The van der Waals surface area contributed by atoms with E-state index in [0.29, 0.717) is 6.42 Å². The zero-order valence-electron chi connectivity index (χ0n) is 13.5. The van der Waals surface area contributed by atoms with Crippen LogP contribution in [0.3, 0.4) is 0 Å². The van der Waals surface area contributed by atoms with Crippen LogP contribution >= 0.6 is 11.3 Å². The first-order valence-electron chi connectivity index (χ1n) is 7.93. The zero-order chi connectivity index (χ0) is 16.4. The Morgan fingerprint density at radius 3 is 2.70 bits per heavy atom. The van der Waals surface area contributed by atoms with Crippen LogP contribution in [-0.4, -0.2) is 27.6 Å². The van der Waals surface area contributed by atoms with E-state index in [4.69, 9.17) is 0 Å². The molecule has 2 N–H and O–H groups in total. The molecule has 23 heavy (non-hydrogen) atoms. The summed E-state index contributed by atoms with van der Waals surface area (Å²) >= 11 is 1.56. The lowest BCUT2D eigenvalue weighted by Gasteiger charge is -2.42. The maximum atomic E-state index is 12.1. The molecule has 1 aromatic heterocycles. The van der Waals surface area contributed by atoms with Gasteiger partial charge in [0.25, 0.3) is 0 Å². The molecule has 1 amide bonds. The van der Waals surface area contributed by atoms with Crippen LogP contribution in [0.5, 0.6) is 0 Å². The third-order valence-corrected chi connectivity index (χ3v) is 5.36. The number of aliphatic hydroxyl groups is 1. The Hall–Kier alpha value is -1.72. The Balaban J connectivity index is 1.51. The molecule has 1 aliphatic rings. The normalized spacial score (nSPS) is 20.8. The van der Waals surface area contributed by atoms with Gasteiger partial charge in [0.15, 0.2) is 0 Å². The molecule has 3 rings (SSSR count). The molecule has 0 bridgehead atoms. The van der Waals surface area contributed by atoms with Crippen molar-refractivity contribution >= 4 is 17.2 Å². The van der Waals surface area contributed by atoms with E-state index in [1.807, 2.05) is 49.6 Å². The predicted molar refractivity (Wildman–Crippen MR) is 92.2 cm³/mol. The summed E-state index contributed by atoms with van der Waals surface area (Å²) in [6.07, 6.45) is 2.01. The van der Waals surface area contributed by atoms with Crippen molar-refractivity contribution in [1.82, 2.24) is 10.3 Å². The van der Waals surface area contributed by atoms with Crippen molar-refractivity contribution < 1.29 is 9.90 Å². The molecule has 1 fully saturated rings. The molecule has 2 aromatic rings. The highest BCUT2D eigenvalue weighted by Crippen LogP contribution is 2.36. The predicted octanol–water partition coefficient (Wildman–Crippen LogP) is 3.02. The lowest BCUT2D eigenvalue weighted by molar-refractivity contribution is -0.123. The second kappa shape index (κ2) is 6.42. The topological polar surface area (TPSA) is 62.2 Å². The van der Waals surface area contributed by atoms with Crippen molar-refractivity contribution in [2.24, 2.45) is 5.92 Å². The Morgan fingerprint density at radius 2 is 2.04 bits per heavy atom. The minimum absolute atomic E-state index is 0.00843. The van der Waals surface area contributed by atoms with Crippen LogP contribution in [0.4, 0.5) is 0 Å². The van der Waals surface area contributed by atoms with Crippen LogP contribution in [0.15, 0.2) is 35.7 Å². The number of amides is 1. The molecule has 122 valence electrons. The molecule has 0 radical (unpaired) electrons. The molecular weight excluding hydrogens is 308 g/mol. The SMILES string of the molecule is CC(C)(O)C1CC(NC(=O)Cc2csc(-c3ccccc3)n2)C1. The third-order valence-electron chi connectivity index (χ3n) is 4.42. The molecule has 1 heterocycles.